The van der Waals surface area contributed by atoms with E-state index >= 15 is 0 Å². The largest absolute Gasteiger partial charge is 0.369 e. The third kappa shape index (κ3) is 5.42. The molecule has 1 aromatic carbocycles. The lowest BCUT2D eigenvalue weighted by Gasteiger charge is -2.26. The van der Waals surface area contributed by atoms with Gasteiger partial charge in [-0.3, -0.25) is 4.79 Å². The summed E-state index contributed by atoms with van der Waals surface area (Å²) in [4.78, 5) is 10.9. The van der Waals surface area contributed by atoms with Gasteiger partial charge in [0.15, 0.2) is 9.84 Å². The van der Waals surface area contributed by atoms with E-state index in [0.717, 1.165) is 18.5 Å². The molecule has 1 amide bonds. The fourth-order valence-electron chi connectivity index (χ4n) is 1.91. The molecule has 0 saturated heterocycles. The highest BCUT2D eigenvalue weighted by Gasteiger charge is 2.19. The summed E-state index contributed by atoms with van der Waals surface area (Å²) in [6, 6.07) is 6.71. The summed E-state index contributed by atoms with van der Waals surface area (Å²) >= 11 is 0. The second-order valence-electron chi connectivity index (χ2n) is 6.41. The maximum Gasteiger partial charge on any atom is 0.233 e. The van der Waals surface area contributed by atoms with Gasteiger partial charge in [-0.15, -0.1) is 0 Å². The molecule has 22 heavy (non-hydrogen) atoms. The SMILES string of the molecule is CCC(C)(C)CNC(C)c1ccc(S(=O)(=O)CC(N)=O)cc1. The van der Waals surface area contributed by atoms with Gasteiger partial charge in [0.1, 0.15) is 5.75 Å². The molecule has 3 N–H and O–H groups in total. The Morgan fingerprint density at radius 1 is 1.27 bits per heavy atom. The molecule has 0 aromatic heterocycles. The van der Waals surface area contributed by atoms with E-state index in [0.29, 0.717) is 0 Å². The van der Waals surface area contributed by atoms with Gasteiger partial charge in [-0.1, -0.05) is 32.9 Å². The lowest BCUT2D eigenvalue weighted by molar-refractivity contribution is -0.115. The van der Waals surface area contributed by atoms with E-state index in [1.807, 2.05) is 6.92 Å². The minimum atomic E-state index is -3.64. The van der Waals surface area contributed by atoms with Crippen molar-refractivity contribution >= 4 is 15.7 Å². The zero-order valence-electron chi connectivity index (χ0n) is 13.7. The average molecular weight is 326 g/mol. The molecule has 0 heterocycles. The quantitative estimate of drug-likeness (QED) is 0.765. The number of sulfone groups is 1. The van der Waals surface area contributed by atoms with Crippen molar-refractivity contribution in [1.29, 1.82) is 0 Å². The number of carbonyl (C=O) groups is 1. The highest BCUT2D eigenvalue weighted by molar-refractivity contribution is 7.92. The third-order valence-corrected chi connectivity index (χ3v) is 5.57. The van der Waals surface area contributed by atoms with E-state index in [9.17, 15) is 13.2 Å². The first-order valence-corrected chi connectivity index (χ1v) is 9.07. The topological polar surface area (TPSA) is 89.3 Å². The second-order valence-corrected chi connectivity index (χ2v) is 8.40. The predicted molar refractivity (Wildman–Crippen MR) is 88.2 cm³/mol. The smallest absolute Gasteiger partial charge is 0.233 e. The van der Waals surface area contributed by atoms with Crippen molar-refractivity contribution in [3.05, 3.63) is 29.8 Å². The number of carbonyl (C=O) groups excluding carboxylic acids is 1. The van der Waals surface area contributed by atoms with Gasteiger partial charge in [0.2, 0.25) is 5.91 Å². The lowest BCUT2D eigenvalue weighted by Crippen LogP contribution is -2.30. The van der Waals surface area contributed by atoms with Crippen LogP contribution in [0.15, 0.2) is 29.2 Å². The molecular formula is C16H26N2O3S. The number of hydrogen-bond donors (Lipinski definition) is 2. The summed E-state index contributed by atoms with van der Waals surface area (Å²) in [6.45, 7) is 9.48. The second kappa shape index (κ2) is 7.24. The van der Waals surface area contributed by atoms with Crippen LogP contribution in [-0.4, -0.2) is 26.6 Å². The maximum atomic E-state index is 11.9. The number of nitrogens with two attached hydrogens (primary N) is 1. The van der Waals surface area contributed by atoms with E-state index in [4.69, 9.17) is 5.73 Å². The Balaban J connectivity index is 2.78. The van der Waals surface area contributed by atoms with Gasteiger partial charge in [-0.25, -0.2) is 8.42 Å². The monoisotopic (exact) mass is 326 g/mol. The number of benzene rings is 1. The highest BCUT2D eigenvalue weighted by atomic mass is 32.2. The number of rotatable bonds is 8. The molecule has 124 valence electrons. The summed E-state index contributed by atoms with van der Waals surface area (Å²) < 4.78 is 23.8. The van der Waals surface area contributed by atoms with Crippen molar-refractivity contribution < 1.29 is 13.2 Å². The lowest BCUT2D eigenvalue weighted by atomic mass is 9.90. The molecule has 5 nitrogen and oxygen atoms in total. The van der Waals surface area contributed by atoms with Gasteiger partial charge >= 0.3 is 0 Å². The summed E-state index contributed by atoms with van der Waals surface area (Å²) in [5.41, 5.74) is 6.19. The molecule has 6 heteroatoms. The van der Waals surface area contributed by atoms with Crippen LogP contribution in [0.1, 0.15) is 45.7 Å². The van der Waals surface area contributed by atoms with Crippen molar-refractivity contribution in [2.45, 2.75) is 45.1 Å². The molecule has 0 spiro atoms. The van der Waals surface area contributed by atoms with E-state index in [1.165, 1.54) is 12.1 Å². The van der Waals surface area contributed by atoms with Gasteiger partial charge in [-0.05, 0) is 36.5 Å². The molecular weight excluding hydrogens is 300 g/mol. The Morgan fingerprint density at radius 2 is 1.82 bits per heavy atom. The fraction of sp³-hybridized carbons (Fsp3) is 0.562. The van der Waals surface area contributed by atoms with Crippen LogP contribution in [0.4, 0.5) is 0 Å². The zero-order valence-corrected chi connectivity index (χ0v) is 14.5. The standard InChI is InChI=1S/C16H26N2O3S/c1-5-16(3,4)11-18-12(2)13-6-8-14(9-7-13)22(20,21)10-15(17)19/h6-9,12,18H,5,10-11H2,1-4H3,(H2,17,19). The van der Waals surface area contributed by atoms with Crippen molar-refractivity contribution in [3.8, 4) is 0 Å². The number of hydrogen-bond acceptors (Lipinski definition) is 4. The molecule has 1 rings (SSSR count). The van der Waals surface area contributed by atoms with E-state index in [2.05, 4.69) is 26.1 Å². The van der Waals surface area contributed by atoms with Crippen LogP contribution in [0.3, 0.4) is 0 Å². The summed E-state index contributed by atoms with van der Waals surface area (Å²) in [5, 5.41) is 3.46. The fourth-order valence-corrected chi connectivity index (χ4v) is 3.00. The van der Waals surface area contributed by atoms with Crippen LogP contribution in [-0.2, 0) is 14.6 Å². The minimum absolute atomic E-state index is 0.121. The van der Waals surface area contributed by atoms with Crippen LogP contribution in [0.5, 0.6) is 0 Å². The number of primary amides is 1. The molecule has 0 radical (unpaired) electrons. The van der Waals surface area contributed by atoms with Crippen LogP contribution in [0, 0.1) is 5.41 Å². The van der Waals surface area contributed by atoms with E-state index in [1.54, 1.807) is 12.1 Å². The summed E-state index contributed by atoms with van der Waals surface area (Å²) in [7, 11) is -3.64. The van der Waals surface area contributed by atoms with Gasteiger partial charge in [0.05, 0.1) is 4.90 Å². The Hall–Kier alpha value is -1.40. The van der Waals surface area contributed by atoms with Crippen molar-refractivity contribution in [2.24, 2.45) is 11.1 Å². The summed E-state index contributed by atoms with van der Waals surface area (Å²) in [6.07, 6.45) is 1.08. The first kappa shape index (κ1) is 18.6. The van der Waals surface area contributed by atoms with Gasteiger partial charge < -0.3 is 11.1 Å². The Bertz CT molecular complexity index is 607. The summed E-state index contributed by atoms with van der Waals surface area (Å²) in [5.74, 6) is -1.51. The minimum Gasteiger partial charge on any atom is -0.369 e. The number of nitrogens with one attached hydrogen (secondary N) is 1. The van der Waals surface area contributed by atoms with Gasteiger partial charge in [0, 0.05) is 12.6 Å². The molecule has 1 unspecified atom stereocenters. The van der Waals surface area contributed by atoms with Crippen LogP contribution in [0.2, 0.25) is 0 Å². The average Bonchev–Trinajstić information content (AvgIpc) is 2.43. The Labute approximate surface area is 133 Å². The van der Waals surface area contributed by atoms with Crippen LogP contribution < -0.4 is 11.1 Å². The molecule has 0 aliphatic heterocycles. The molecule has 0 bridgehead atoms. The molecule has 0 aliphatic rings. The van der Waals surface area contributed by atoms with E-state index < -0.39 is 21.5 Å². The normalized spacial score (nSPS) is 13.8. The molecule has 0 fully saturated rings. The van der Waals surface area contributed by atoms with Crippen molar-refractivity contribution in [3.63, 3.8) is 0 Å². The number of amides is 1. The van der Waals surface area contributed by atoms with Crippen LogP contribution in [0.25, 0.3) is 0 Å². The third-order valence-electron chi connectivity index (χ3n) is 3.92. The van der Waals surface area contributed by atoms with Crippen molar-refractivity contribution in [1.82, 2.24) is 5.32 Å². The van der Waals surface area contributed by atoms with Crippen molar-refractivity contribution in [2.75, 3.05) is 12.3 Å². The predicted octanol–water partition coefficient (Wildman–Crippen LogP) is 2.03. The maximum absolute atomic E-state index is 11.9. The molecule has 1 atom stereocenters. The van der Waals surface area contributed by atoms with E-state index in [-0.39, 0.29) is 16.4 Å². The molecule has 0 aliphatic carbocycles. The van der Waals surface area contributed by atoms with Gasteiger partial charge in [0.25, 0.3) is 0 Å². The first-order chi connectivity index (χ1) is 10.1. The highest BCUT2D eigenvalue weighted by Crippen LogP contribution is 2.21. The zero-order chi connectivity index (χ0) is 17.0. The first-order valence-electron chi connectivity index (χ1n) is 7.42. The Morgan fingerprint density at radius 3 is 2.27 bits per heavy atom. The molecule has 1 aromatic rings. The Kier molecular flexibility index (Phi) is 6.14. The van der Waals surface area contributed by atoms with Gasteiger partial charge in [-0.2, -0.15) is 0 Å². The van der Waals surface area contributed by atoms with Crippen LogP contribution >= 0.6 is 0 Å². The molecule has 0 saturated carbocycles.